The molecule has 0 aromatic rings. The van der Waals surface area contributed by atoms with Gasteiger partial charge in [0.25, 0.3) is 0 Å². The third-order valence-electron chi connectivity index (χ3n) is 2.89. The maximum Gasteiger partial charge on any atom is 0.313 e. The number of hydrogen-bond acceptors (Lipinski definition) is 5. The Balaban J connectivity index is 2.55. The second kappa shape index (κ2) is 6.18. The molecule has 5 nitrogen and oxygen atoms in total. The van der Waals surface area contributed by atoms with Crippen LogP contribution in [-0.2, 0) is 14.3 Å². The lowest BCUT2D eigenvalue weighted by Crippen LogP contribution is -2.25. The molecule has 5 heteroatoms. The molecule has 1 aliphatic rings. The fourth-order valence-electron chi connectivity index (χ4n) is 1.91. The highest BCUT2D eigenvalue weighted by molar-refractivity contribution is 5.97. The number of rotatable bonds is 5. The first-order valence-corrected chi connectivity index (χ1v) is 5.74. The van der Waals surface area contributed by atoms with Gasteiger partial charge in [-0.1, -0.05) is 0 Å². The van der Waals surface area contributed by atoms with Crippen LogP contribution in [0.1, 0.15) is 32.6 Å². The van der Waals surface area contributed by atoms with Gasteiger partial charge in [-0.15, -0.1) is 0 Å². The molecule has 1 rings (SSSR count). The number of carbonyl (C=O) groups is 2. The number of ketones is 1. The average molecular weight is 238 g/mol. The molecular weight excluding hydrogens is 220 g/mol. The Labute approximate surface area is 101 Å². The maximum atomic E-state index is 11.8. The van der Waals surface area contributed by atoms with Crippen LogP contribution in [0.15, 0.2) is 11.3 Å². The van der Waals surface area contributed by atoms with Gasteiger partial charge in [0, 0.05) is 17.8 Å². The molecule has 0 heterocycles. The smallest absolute Gasteiger partial charge is 0.313 e. The average Bonchev–Trinajstić information content (AvgIpc) is 2.29. The second-order valence-electron chi connectivity index (χ2n) is 4.08. The fraction of sp³-hybridized carbons (Fsp3) is 0.583. The molecule has 0 bridgehead atoms. The minimum absolute atomic E-state index is 0.115. The normalized spacial score (nSPS) is 19.9. The van der Waals surface area contributed by atoms with E-state index in [1.54, 1.807) is 6.92 Å². The summed E-state index contributed by atoms with van der Waals surface area (Å²) in [4.78, 5) is 23.0. The minimum atomic E-state index is -0.476. The van der Waals surface area contributed by atoms with E-state index in [-0.39, 0.29) is 24.7 Å². The van der Waals surface area contributed by atoms with Crippen LogP contribution in [0.2, 0.25) is 0 Å². The van der Waals surface area contributed by atoms with E-state index in [9.17, 15) is 9.59 Å². The van der Waals surface area contributed by atoms with Gasteiger partial charge in [-0.25, -0.2) is 0 Å². The van der Waals surface area contributed by atoms with Crippen LogP contribution in [-0.4, -0.2) is 24.6 Å². The van der Waals surface area contributed by atoms with Crippen molar-refractivity contribution in [3.8, 4) is 0 Å². The fourth-order valence-corrected chi connectivity index (χ4v) is 1.91. The first-order chi connectivity index (χ1) is 8.08. The molecule has 0 aromatic heterocycles. The molecule has 0 radical (unpaired) electrons. The summed E-state index contributed by atoms with van der Waals surface area (Å²) in [6, 6.07) is 0. The molecule has 0 fully saturated rings. The van der Waals surface area contributed by atoms with Crippen molar-refractivity contribution in [1.82, 2.24) is 0 Å². The molecule has 94 valence electrons. The van der Waals surface area contributed by atoms with E-state index in [1.807, 2.05) is 0 Å². The van der Waals surface area contributed by atoms with Gasteiger partial charge in [-0.3, -0.25) is 9.59 Å². The predicted octanol–water partition coefficient (Wildman–Crippen LogP) is 1.17. The number of esters is 1. The van der Waals surface area contributed by atoms with E-state index in [0.29, 0.717) is 30.5 Å². The van der Waals surface area contributed by atoms with Crippen molar-refractivity contribution in [2.75, 3.05) is 6.61 Å². The van der Waals surface area contributed by atoms with Gasteiger partial charge < -0.3 is 15.9 Å². The lowest BCUT2D eigenvalue weighted by molar-refractivity contribution is -0.146. The molecule has 0 amide bonds. The molecule has 0 saturated heterocycles. The van der Waals surface area contributed by atoms with Crippen LogP contribution in [0, 0.1) is 11.3 Å². The molecule has 0 aromatic carbocycles. The van der Waals surface area contributed by atoms with Gasteiger partial charge in [0.15, 0.2) is 0 Å². The lowest BCUT2D eigenvalue weighted by atomic mass is 9.83. The summed E-state index contributed by atoms with van der Waals surface area (Å²) >= 11 is 0. The summed E-state index contributed by atoms with van der Waals surface area (Å²) in [6.45, 7) is 1.99. The van der Waals surface area contributed by atoms with Crippen LogP contribution < -0.4 is 5.73 Å². The zero-order valence-corrected chi connectivity index (χ0v) is 9.99. The van der Waals surface area contributed by atoms with Crippen molar-refractivity contribution in [2.24, 2.45) is 11.7 Å². The van der Waals surface area contributed by atoms with Crippen LogP contribution in [0.5, 0.6) is 0 Å². The number of hydrogen-bond donors (Lipinski definition) is 2. The number of allylic oxidation sites excluding steroid dienone is 2. The van der Waals surface area contributed by atoms with Gasteiger partial charge in [0.1, 0.15) is 12.2 Å². The minimum Gasteiger partial charge on any atom is -0.466 e. The van der Waals surface area contributed by atoms with Gasteiger partial charge in [0.2, 0.25) is 0 Å². The Hall–Kier alpha value is -1.65. The van der Waals surface area contributed by atoms with Crippen molar-refractivity contribution in [3.05, 3.63) is 11.3 Å². The first-order valence-electron chi connectivity index (χ1n) is 5.74. The monoisotopic (exact) mass is 238 g/mol. The molecule has 17 heavy (non-hydrogen) atoms. The largest absolute Gasteiger partial charge is 0.466 e. The Bertz CT molecular complexity index is 361. The number of ether oxygens (including phenoxy) is 1. The number of Topliss-reactive ketones (excluding diaryl/α,β-unsaturated/α-hetero) is 1. The molecule has 3 N–H and O–H groups in total. The summed E-state index contributed by atoms with van der Waals surface area (Å²) < 4.78 is 4.74. The predicted molar refractivity (Wildman–Crippen MR) is 63.6 cm³/mol. The first kappa shape index (κ1) is 13.4. The SMILES string of the molecule is CCOC(=O)CC(=O)C1CCC(N)=C(C=N)C1. The van der Waals surface area contributed by atoms with E-state index in [4.69, 9.17) is 15.9 Å². The Morgan fingerprint density at radius 1 is 1.59 bits per heavy atom. The summed E-state index contributed by atoms with van der Waals surface area (Å²) in [6.07, 6.45) is 2.75. The highest BCUT2D eigenvalue weighted by Crippen LogP contribution is 2.27. The van der Waals surface area contributed by atoms with Crippen LogP contribution in [0.25, 0.3) is 0 Å². The zero-order chi connectivity index (χ0) is 12.8. The molecule has 0 saturated carbocycles. The quantitative estimate of drug-likeness (QED) is 0.427. The summed E-state index contributed by atoms with van der Waals surface area (Å²) in [7, 11) is 0. The van der Waals surface area contributed by atoms with E-state index in [1.165, 1.54) is 6.21 Å². The Kier molecular flexibility index (Phi) is 4.87. The molecule has 1 aliphatic carbocycles. The van der Waals surface area contributed by atoms with Crippen molar-refractivity contribution in [1.29, 1.82) is 5.41 Å². The highest BCUT2D eigenvalue weighted by atomic mass is 16.5. The van der Waals surface area contributed by atoms with Crippen molar-refractivity contribution >= 4 is 18.0 Å². The third-order valence-corrected chi connectivity index (χ3v) is 2.89. The van der Waals surface area contributed by atoms with Gasteiger partial charge >= 0.3 is 5.97 Å². The molecule has 0 aliphatic heterocycles. The van der Waals surface area contributed by atoms with E-state index in [2.05, 4.69) is 0 Å². The van der Waals surface area contributed by atoms with E-state index in [0.717, 1.165) is 0 Å². The van der Waals surface area contributed by atoms with Crippen LogP contribution in [0.4, 0.5) is 0 Å². The van der Waals surface area contributed by atoms with Crippen molar-refractivity contribution in [2.45, 2.75) is 32.6 Å². The summed E-state index contributed by atoms with van der Waals surface area (Å²) in [5.41, 5.74) is 7.11. The molecule has 0 spiro atoms. The molecule has 1 unspecified atom stereocenters. The van der Waals surface area contributed by atoms with Crippen LogP contribution >= 0.6 is 0 Å². The van der Waals surface area contributed by atoms with E-state index < -0.39 is 5.97 Å². The topological polar surface area (TPSA) is 93.2 Å². The third kappa shape index (κ3) is 3.69. The lowest BCUT2D eigenvalue weighted by Gasteiger charge is -2.22. The Morgan fingerprint density at radius 3 is 2.88 bits per heavy atom. The van der Waals surface area contributed by atoms with Crippen molar-refractivity contribution < 1.29 is 14.3 Å². The number of nitrogens with two attached hydrogens (primary N) is 1. The Morgan fingerprint density at radius 2 is 2.29 bits per heavy atom. The van der Waals surface area contributed by atoms with Crippen LogP contribution in [0.3, 0.4) is 0 Å². The summed E-state index contributed by atoms with van der Waals surface area (Å²) in [5.74, 6) is -0.796. The van der Waals surface area contributed by atoms with Crippen molar-refractivity contribution in [3.63, 3.8) is 0 Å². The second-order valence-corrected chi connectivity index (χ2v) is 4.08. The van der Waals surface area contributed by atoms with Gasteiger partial charge in [0.05, 0.1) is 6.61 Å². The highest BCUT2D eigenvalue weighted by Gasteiger charge is 2.26. The number of nitrogens with one attached hydrogen (secondary N) is 1. The summed E-state index contributed by atoms with van der Waals surface area (Å²) in [5, 5.41) is 7.20. The van der Waals surface area contributed by atoms with Gasteiger partial charge in [-0.05, 0) is 31.8 Å². The number of carbonyl (C=O) groups excluding carboxylic acids is 2. The van der Waals surface area contributed by atoms with Gasteiger partial charge in [-0.2, -0.15) is 0 Å². The zero-order valence-electron chi connectivity index (χ0n) is 9.99. The maximum absolute atomic E-state index is 11.8. The molecule has 1 atom stereocenters. The standard InChI is InChI=1S/C12H18N2O3/c1-2-17-12(16)6-11(15)8-3-4-10(14)9(5-8)7-13/h7-8,13H,2-6,14H2,1H3. The van der Waals surface area contributed by atoms with E-state index >= 15 is 0 Å². The molecular formula is C12H18N2O3.